The van der Waals surface area contributed by atoms with Crippen LogP contribution in [0.4, 0.5) is 0 Å². The molecule has 1 aliphatic carbocycles. The fourth-order valence-corrected chi connectivity index (χ4v) is 2.66. The van der Waals surface area contributed by atoms with E-state index in [0.29, 0.717) is 12.1 Å². The van der Waals surface area contributed by atoms with Crippen molar-refractivity contribution in [2.24, 2.45) is 11.1 Å². The van der Waals surface area contributed by atoms with Crippen LogP contribution in [0.3, 0.4) is 0 Å². The number of aromatic nitrogens is 1. The predicted molar refractivity (Wildman–Crippen MR) is 79.4 cm³/mol. The zero-order valence-corrected chi connectivity index (χ0v) is 11.4. The van der Waals surface area contributed by atoms with Crippen molar-refractivity contribution in [2.45, 2.75) is 19.3 Å². The molecule has 1 heterocycles. The maximum atomic E-state index is 12.4. The molecule has 2 aromatic rings. The second-order valence-corrected chi connectivity index (χ2v) is 5.60. The number of benzene rings is 1. The van der Waals surface area contributed by atoms with Crippen molar-refractivity contribution in [3.05, 3.63) is 42.1 Å². The quantitative estimate of drug-likeness (QED) is 0.873. The van der Waals surface area contributed by atoms with Crippen LogP contribution in [0, 0.1) is 5.41 Å². The van der Waals surface area contributed by atoms with E-state index in [0.717, 1.165) is 23.9 Å². The Morgan fingerprint density at radius 2 is 2.15 bits per heavy atom. The monoisotopic (exact) mass is 269 g/mol. The lowest BCUT2D eigenvalue weighted by atomic mass is 10.0. The maximum Gasteiger partial charge on any atom is 0.251 e. The zero-order chi connectivity index (χ0) is 14.0. The SMILES string of the molecule is NCCC1(CNC(=O)c2cccc3ncccc23)CC1. The van der Waals surface area contributed by atoms with Gasteiger partial charge in [0.1, 0.15) is 0 Å². The number of nitrogens with one attached hydrogen (secondary N) is 1. The molecule has 1 fully saturated rings. The van der Waals surface area contributed by atoms with Gasteiger partial charge in [0, 0.05) is 23.7 Å². The average Bonchev–Trinajstić information content (AvgIpc) is 3.25. The number of rotatable bonds is 5. The van der Waals surface area contributed by atoms with Crippen LogP contribution in [-0.2, 0) is 0 Å². The normalized spacial score (nSPS) is 16.1. The predicted octanol–water partition coefficient (Wildman–Crippen LogP) is 2.09. The molecule has 1 aliphatic rings. The molecule has 4 heteroatoms. The molecule has 0 saturated heterocycles. The number of hydrogen-bond acceptors (Lipinski definition) is 3. The lowest BCUT2D eigenvalue weighted by molar-refractivity contribution is 0.0945. The number of hydrogen-bond donors (Lipinski definition) is 2. The molecule has 4 nitrogen and oxygen atoms in total. The number of pyridine rings is 1. The van der Waals surface area contributed by atoms with Crippen molar-refractivity contribution in [3.8, 4) is 0 Å². The van der Waals surface area contributed by atoms with Crippen LogP contribution < -0.4 is 11.1 Å². The third kappa shape index (κ3) is 2.51. The van der Waals surface area contributed by atoms with Gasteiger partial charge in [-0.05, 0) is 49.4 Å². The number of amides is 1. The van der Waals surface area contributed by atoms with E-state index in [9.17, 15) is 4.79 Å². The Kier molecular flexibility index (Phi) is 3.40. The molecule has 3 N–H and O–H groups in total. The molecule has 1 aromatic carbocycles. The second-order valence-electron chi connectivity index (χ2n) is 5.60. The van der Waals surface area contributed by atoms with Gasteiger partial charge in [0.15, 0.2) is 0 Å². The molecule has 0 aliphatic heterocycles. The van der Waals surface area contributed by atoms with Gasteiger partial charge in [0.25, 0.3) is 5.91 Å². The van der Waals surface area contributed by atoms with E-state index in [4.69, 9.17) is 5.73 Å². The van der Waals surface area contributed by atoms with E-state index in [1.54, 1.807) is 6.20 Å². The first-order chi connectivity index (χ1) is 9.74. The van der Waals surface area contributed by atoms with Crippen molar-refractivity contribution >= 4 is 16.8 Å². The number of fused-ring (bicyclic) bond motifs is 1. The van der Waals surface area contributed by atoms with E-state index in [1.165, 1.54) is 12.8 Å². The summed E-state index contributed by atoms with van der Waals surface area (Å²) in [6.07, 6.45) is 5.07. The van der Waals surface area contributed by atoms with Crippen molar-refractivity contribution in [2.75, 3.05) is 13.1 Å². The molecule has 104 valence electrons. The summed E-state index contributed by atoms with van der Waals surface area (Å²) in [5, 5.41) is 3.96. The van der Waals surface area contributed by atoms with Gasteiger partial charge in [-0.2, -0.15) is 0 Å². The van der Waals surface area contributed by atoms with Crippen LogP contribution in [0.1, 0.15) is 29.6 Å². The van der Waals surface area contributed by atoms with E-state index in [2.05, 4.69) is 10.3 Å². The molecule has 0 unspecified atom stereocenters. The molecule has 0 spiro atoms. The highest BCUT2D eigenvalue weighted by Crippen LogP contribution is 2.47. The number of nitrogens with zero attached hydrogens (tertiary/aromatic N) is 1. The third-order valence-electron chi connectivity index (χ3n) is 4.15. The smallest absolute Gasteiger partial charge is 0.251 e. The average molecular weight is 269 g/mol. The fraction of sp³-hybridized carbons (Fsp3) is 0.375. The van der Waals surface area contributed by atoms with Crippen LogP contribution in [0.15, 0.2) is 36.5 Å². The molecule has 1 amide bonds. The van der Waals surface area contributed by atoms with E-state index in [1.807, 2.05) is 30.3 Å². The van der Waals surface area contributed by atoms with Gasteiger partial charge in [-0.1, -0.05) is 12.1 Å². The van der Waals surface area contributed by atoms with Crippen LogP contribution >= 0.6 is 0 Å². The minimum Gasteiger partial charge on any atom is -0.351 e. The Balaban J connectivity index is 1.76. The fourth-order valence-electron chi connectivity index (χ4n) is 2.66. The van der Waals surface area contributed by atoms with Gasteiger partial charge in [-0.25, -0.2) is 0 Å². The number of nitrogens with two attached hydrogens (primary N) is 1. The summed E-state index contributed by atoms with van der Waals surface area (Å²) in [6, 6.07) is 9.43. The minimum absolute atomic E-state index is 0.0214. The summed E-state index contributed by atoms with van der Waals surface area (Å²) in [7, 11) is 0. The van der Waals surface area contributed by atoms with Gasteiger partial charge < -0.3 is 11.1 Å². The van der Waals surface area contributed by atoms with Gasteiger partial charge in [0.05, 0.1) is 5.52 Å². The topological polar surface area (TPSA) is 68.0 Å². The third-order valence-corrected chi connectivity index (χ3v) is 4.15. The van der Waals surface area contributed by atoms with Crippen LogP contribution in [0.2, 0.25) is 0 Å². The molecular weight excluding hydrogens is 250 g/mol. The Labute approximate surface area is 118 Å². The van der Waals surface area contributed by atoms with Crippen LogP contribution in [0.5, 0.6) is 0 Å². The molecule has 0 bridgehead atoms. The molecule has 1 saturated carbocycles. The van der Waals surface area contributed by atoms with Gasteiger partial charge in [-0.15, -0.1) is 0 Å². The van der Waals surface area contributed by atoms with Gasteiger partial charge >= 0.3 is 0 Å². The van der Waals surface area contributed by atoms with Crippen molar-refractivity contribution in [1.82, 2.24) is 10.3 Å². The van der Waals surface area contributed by atoms with Gasteiger partial charge in [-0.3, -0.25) is 9.78 Å². The summed E-state index contributed by atoms with van der Waals surface area (Å²) in [6.45, 7) is 1.41. The lowest BCUT2D eigenvalue weighted by Crippen LogP contribution is -2.31. The van der Waals surface area contributed by atoms with E-state index in [-0.39, 0.29) is 11.3 Å². The highest BCUT2D eigenvalue weighted by atomic mass is 16.1. The molecule has 1 aromatic heterocycles. The lowest BCUT2D eigenvalue weighted by Gasteiger charge is -2.15. The summed E-state index contributed by atoms with van der Waals surface area (Å²) in [4.78, 5) is 16.6. The summed E-state index contributed by atoms with van der Waals surface area (Å²) in [5.41, 5.74) is 7.43. The Bertz CT molecular complexity index is 629. The zero-order valence-electron chi connectivity index (χ0n) is 11.4. The number of carbonyl (C=O) groups is 1. The summed E-state index contributed by atoms with van der Waals surface area (Å²) < 4.78 is 0. The second kappa shape index (κ2) is 5.21. The Morgan fingerprint density at radius 3 is 2.90 bits per heavy atom. The first-order valence-corrected chi connectivity index (χ1v) is 7.06. The largest absolute Gasteiger partial charge is 0.351 e. The highest BCUT2D eigenvalue weighted by molar-refractivity contribution is 6.06. The Morgan fingerprint density at radius 1 is 1.30 bits per heavy atom. The molecule has 0 atom stereocenters. The van der Waals surface area contributed by atoms with Crippen LogP contribution in [0.25, 0.3) is 10.9 Å². The minimum atomic E-state index is -0.0214. The summed E-state index contributed by atoms with van der Waals surface area (Å²) >= 11 is 0. The Hall–Kier alpha value is -1.94. The summed E-state index contributed by atoms with van der Waals surface area (Å²) in [5.74, 6) is -0.0214. The molecule has 0 radical (unpaired) electrons. The standard InChI is InChI=1S/C16H19N3O/c17-9-8-16(6-7-16)11-19-15(20)13-3-1-5-14-12(13)4-2-10-18-14/h1-5,10H,6-9,11,17H2,(H,19,20). The maximum absolute atomic E-state index is 12.4. The molecule has 3 rings (SSSR count). The van der Waals surface area contributed by atoms with E-state index >= 15 is 0 Å². The van der Waals surface area contributed by atoms with Crippen LogP contribution in [-0.4, -0.2) is 24.0 Å². The number of carbonyl (C=O) groups excluding carboxylic acids is 1. The first-order valence-electron chi connectivity index (χ1n) is 7.06. The van der Waals surface area contributed by atoms with Crippen molar-refractivity contribution in [3.63, 3.8) is 0 Å². The molecular formula is C16H19N3O. The highest BCUT2D eigenvalue weighted by Gasteiger charge is 2.41. The van der Waals surface area contributed by atoms with E-state index < -0.39 is 0 Å². The van der Waals surface area contributed by atoms with Crippen molar-refractivity contribution in [1.29, 1.82) is 0 Å². The van der Waals surface area contributed by atoms with Gasteiger partial charge in [0.2, 0.25) is 0 Å². The first kappa shape index (κ1) is 13.1. The molecule has 20 heavy (non-hydrogen) atoms. The van der Waals surface area contributed by atoms with Crippen molar-refractivity contribution < 1.29 is 4.79 Å².